The van der Waals surface area contributed by atoms with Crippen molar-refractivity contribution in [3.05, 3.63) is 0 Å². The van der Waals surface area contributed by atoms with Gasteiger partial charge in [0.1, 0.15) is 0 Å². The van der Waals surface area contributed by atoms with Gasteiger partial charge in [-0.1, -0.05) is 6.92 Å². The molecule has 0 saturated carbocycles. The van der Waals surface area contributed by atoms with E-state index in [2.05, 4.69) is 32.2 Å². The highest BCUT2D eigenvalue weighted by atomic mass is 32.1. The molecule has 2 atom stereocenters. The number of hydrogen-bond donors (Lipinski definition) is 3. The van der Waals surface area contributed by atoms with Gasteiger partial charge in [0, 0.05) is 17.0 Å². The molecular formula is C6H15NS2. The minimum absolute atomic E-state index is 0.218. The van der Waals surface area contributed by atoms with E-state index < -0.39 is 0 Å². The van der Waals surface area contributed by atoms with E-state index in [9.17, 15) is 0 Å². The molecule has 9 heavy (non-hydrogen) atoms. The molecule has 3 heteroatoms. The molecule has 0 spiro atoms. The largest absolute Gasteiger partial charge is 0.327 e. The first-order valence-corrected chi connectivity index (χ1v) is 4.40. The van der Waals surface area contributed by atoms with Crippen molar-refractivity contribution in [3.63, 3.8) is 0 Å². The Morgan fingerprint density at radius 2 is 2.11 bits per heavy atom. The number of thiol groups is 2. The Hall–Kier alpha value is 0.660. The SMILES string of the molecule is CCC(S)CC(N)CS. The van der Waals surface area contributed by atoms with Crippen LogP contribution in [0, 0.1) is 0 Å². The van der Waals surface area contributed by atoms with E-state index in [-0.39, 0.29) is 6.04 Å². The first kappa shape index (κ1) is 9.66. The van der Waals surface area contributed by atoms with Crippen molar-refractivity contribution in [3.8, 4) is 0 Å². The molecule has 0 aromatic carbocycles. The fourth-order valence-corrected chi connectivity index (χ4v) is 1.01. The lowest BCUT2D eigenvalue weighted by atomic mass is 10.1. The topological polar surface area (TPSA) is 26.0 Å². The van der Waals surface area contributed by atoms with Crippen molar-refractivity contribution in [2.75, 3.05) is 5.75 Å². The van der Waals surface area contributed by atoms with Crippen molar-refractivity contribution in [2.24, 2.45) is 5.73 Å². The van der Waals surface area contributed by atoms with Crippen molar-refractivity contribution < 1.29 is 0 Å². The second-order valence-electron chi connectivity index (χ2n) is 2.24. The van der Waals surface area contributed by atoms with Crippen LogP contribution in [-0.4, -0.2) is 17.0 Å². The zero-order chi connectivity index (χ0) is 7.28. The number of nitrogens with two attached hydrogens (primary N) is 1. The monoisotopic (exact) mass is 165 g/mol. The summed E-state index contributed by atoms with van der Waals surface area (Å²) in [5.74, 6) is 0.761. The molecule has 0 radical (unpaired) electrons. The molecule has 0 aromatic heterocycles. The van der Waals surface area contributed by atoms with Gasteiger partial charge in [0.25, 0.3) is 0 Å². The Morgan fingerprint density at radius 1 is 1.56 bits per heavy atom. The van der Waals surface area contributed by atoms with E-state index >= 15 is 0 Å². The van der Waals surface area contributed by atoms with Gasteiger partial charge in [0.05, 0.1) is 0 Å². The minimum atomic E-state index is 0.218. The summed E-state index contributed by atoms with van der Waals surface area (Å²) in [5, 5.41) is 0.451. The van der Waals surface area contributed by atoms with Crippen molar-refractivity contribution in [1.29, 1.82) is 0 Å². The van der Waals surface area contributed by atoms with Gasteiger partial charge in [0.15, 0.2) is 0 Å². The van der Waals surface area contributed by atoms with Gasteiger partial charge >= 0.3 is 0 Å². The average molecular weight is 165 g/mol. The maximum absolute atomic E-state index is 5.62. The van der Waals surface area contributed by atoms with E-state index in [0.717, 1.165) is 18.6 Å². The van der Waals surface area contributed by atoms with Gasteiger partial charge in [-0.25, -0.2) is 0 Å². The molecule has 0 aliphatic heterocycles. The van der Waals surface area contributed by atoms with E-state index in [1.165, 1.54) is 0 Å². The lowest BCUT2D eigenvalue weighted by molar-refractivity contribution is 0.639. The maximum atomic E-state index is 5.62. The predicted molar refractivity (Wildman–Crippen MR) is 49.5 cm³/mol. The van der Waals surface area contributed by atoms with Gasteiger partial charge in [-0.15, -0.1) is 0 Å². The van der Waals surface area contributed by atoms with Gasteiger partial charge in [-0.3, -0.25) is 0 Å². The summed E-state index contributed by atoms with van der Waals surface area (Å²) in [5.41, 5.74) is 5.62. The Bertz CT molecular complexity index is 60.1. The molecule has 0 rings (SSSR count). The van der Waals surface area contributed by atoms with Crippen LogP contribution in [0.2, 0.25) is 0 Å². The lowest BCUT2D eigenvalue weighted by Gasteiger charge is -2.11. The van der Waals surface area contributed by atoms with Crippen LogP contribution >= 0.6 is 25.3 Å². The van der Waals surface area contributed by atoms with E-state index in [4.69, 9.17) is 5.73 Å². The first-order valence-electron chi connectivity index (χ1n) is 3.25. The standard InChI is InChI=1S/C6H15NS2/c1-2-6(9)3-5(7)4-8/h5-6,8-9H,2-4,7H2,1H3. The number of hydrogen-bond acceptors (Lipinski definition) is 3. The minimum Gasteiger partial charge on any atom is -0.327 e. The van der Waals surface area contributed by atoms with Crippen LogP contribution in [0.1, 0.15) is 19.8 Å². The smallest absolute Gasteiger partial charge is 0.0138 e. The predicted octanol–water partition coefficient (Wildman–Crippen LogP) is 1.34. The molecule has 0 fully saturated rings. The van der Waals surface area contributed by atoms with E-state index in [1.807, 2.05) is 0 Å². The molecule has 0 bridgehead atoms. The van der Waals surface area contributed by atoms with Gasteiger partial charge in [0.2, 0.25) is 0 Å². The fourth-order valence-electron chi connectivity index (χ4n) is 0.591. The summed E-state index contributed by atoms with van der Waals surface area (Å²) in [6.07, 6.45) is 2.06. The summed E-state index contributed by atoms with van der Waals surface area (Å²) in [6.45, 7) is 2.11. The Balaban J connectivity index is 3.22. The highest BCUT2D eigenvalue weighted by Crippen LogP contribution is 2.07. The van der Waals surface area contributed by atoms with E-state index in [1.54, 1.807) is 0 Å². The molecule has 1 nitrogen and oxygen atoms in total. The van der Waals surface area contributed by atoms with Crippen LogP contribution in [0.3, 0.4) is 0 Å². The highest BCUT2D eigenvalue weighted by Gasteiger charge is 2.04. The third-order valence-electron chi connectivity index (χ3n) is 1.28. The summed E-state index contributed by atoms with van der Waals surface area (Å²) in [6, 6.07) is 0.218. The van der Waals surface area contributed by atoms with Crippen molar-refractivity contribution in [2.45, 2.75) is 31.1 Å². The van der Waals surface area contributed by atoms with Crippen LogP contribution in [0.5, 0.6) is 0 Å². The van der Waals surface area contributed by atoms with Crippen LogP contribution in [-0.2, 0) is 0 Å². The Labute approximate surface area is 68.2 Å². The zero-order valence-electron chi connectivity index (χ0n) is 5.75. The third-order valence-corrected chi connectivity index (χ3v) is 2.33. The molecule has 0 saturated heterocycles. The summed E-state index contributed by atoms with van der Waals surface area (Å²) >= 11 is 8.38. The zero-order valence-corrected chi connectivity index (χ0v) is 7.54. The highest BCUT2D eigenvalue weighted by molar-refractivity contribution is 7.81. The van der Waals surface area contributed by atoms with Crippen molar-refractivity contribution in [1.82, 2.24) is 0 Å². The molecule has 0 aliphatic carbocycles. The summed E-state index contributed by atoms with van der Waals surface area (Å²) in [7, 11) is 0. The van der Waals surface area contributed by atoms with Gasteiger partial charge in [-0.2, -0.15) is 25.3 Å². The Morgan fingerprint density at radius 3 is 2.44 bits per heavy atom. The van der Waals surface area contributed by atoms with Crippen molar-refractivity contribution >= 4 is 25.3 Å². The summed E-state index contributed by atoms with van der Waals surface area (Å²) < 4.78 is 0. The normalized spacial score (nSPS) is 17.3. The molecule has 56 valence electrons. The number of rotatable bonds is 4. The fraction of sp³-hybridized carbons (Fsp3) is 1.00. The quantitative estimate of drug-likeness (QED) is 0.539. The first-order chi connectivity index (χ1) is 4.20. The van der Waals surface area contributed by atoms with Crippen LogP contribution in [0.25, 0.3) is 0 Å². The molecule has 0 amide bonds. The molecule has 2 unspecified atom stereocenters. The van der Waals surface area contributed by atoms with Gasteiger partial charge < -0.3 is 5.73 Å². The molecule has 0 aliphatic rings. The molecule has 2 N–H and O–H groups in total. The van der Waals surface area contributed by atoms with Gasteiger partial charge in [-0.05, 0) is 12.8 Å². The average Bonchev–Trinajstić information content (AvgIpc) is 1.87. The molecule has 0 heterocycles. The summed E-state index contributed by atoms with van der Waals surface area (Å²) in [4.78, 5) is 0. The third kappa shape index (κ3) is 5.12. The second kappa shape index (κ2) is 5.45. The van der Waals surface area contributed by atoms with Crippen LogP contribution in [0.15, 0.2) is 0 Å². The Kier molecular flexibility index (Phi) is 5.84. The molecule has 0 aromatic rings. The lowest BCUT2D eigenvalue weighted by Crippen LogP contribution is -2.25. The second-order valence-corrected chi connectivity index (χ2v) is 3.34. The van der Waals surface area contributed by atoms with E-state index in [0.29, 0.717) is 5.25 Å². The van der Waals surface area contributed by atoms with Crippen LogP contribution in [0.4, 0.5) is 0 Å². The van der Waals surface area contributed by atoms with Crippen LogP contribution < -0.4 is 5.73 Å². The molecular weight excluding hydrogens is 150 g/mol. The maximum Gasteiger partial charge on any atom is 0.0138 e.